The van der Waals surface area contributed by atoms with Crippen LogP contribution in [0.15, 0.2) is 71.5 Å². The van der Waals surface area contributed by atoms with E-state index in [-0.39, 0.29) is 5.92 Å². The van der Waals surface area contributed by atoms with Crippen LogP contribution >= 0.6 is 27.7 Å². The first-order valence-electron chi connectivity index (χ1n) is 6.32. The minimum Gasteiger partial charge on any atom is -0.138 e. The Bertz CT molecular complexity index is 656. The molecule has 3 rings (SSSR count). The van der Waals surface area contributed by atoms with Gasteiger partial charge in [-0.25, -0.2) is 0 Å². The summed E-state index contributed by atoms with van der Waals surface area (Å²) in [4.78, 5) is 0. The van der Waals surface area contributed by atoms with E-state index in [9.17, 15) is 0 Å². The molecule has 0 bridgehead atoms. The van der Waals surface area contributed by atoms with E-state index in [1.54, 1.807) is 0 Å². The second-order valence-corrected chi connectivity index (χ2v) is 5.73. The number of hydrogen-bond acceptors (Lipinski definition) is 0. The van der Waals surface area contributed by atoms with E-state index in [1.165, 1.54) is 15.3 Å². The number of hydrogen-bond donors (Lipinski definition) is 1. The molecule has 0 fully saturated rings. The summed E-state index contributed by atoms with van der Waals surface area (Å²) in [6.45, 7) is 0. The molecule has 2 nitrogen and oxygen atoms in total. The van der Waals surface area contributed by atoms with Crippen molar-refractivity contribution in [2.45, 2.75) is 5.92 Å². The van der Waals surface area contributed by atoms with Gasteiger partial charge in [0.2, 0.25) is 6.20 Å². The van der Waals surface area contributed by atoms with E-state index in [0.717, 1.165) is 10.2 Å². The zero-order chi connectivity index (χ0) is 13.9. The third-order valence-corrected chi connectivity index (χ3v) is 4.10. The molecule has 20 heavy (non-hydrogen) atoms. The molecule has 0 saturated carbocycles. The standard InChI is InChI=1S/C16H12BrClN2/c17-16-14(11-20(18)19-16)15(12-7-3-1-4-8-12)13-9-5-2-6-10-13/h1-11,15H/p+1. The van der Waals surface area contributed by atoms with Gasteiger partial charge in [0.1, 0.15) is 0 Å². The highest BCUT2D eigenvalue weighted by atomic mass is 79.9. The molecular formula is C16H13BrClN2+. The molecule has 100 valence electrons. The third-order valence-electron chi connectivity index (χ3n) is 3.29. The number of nitrogens with zero attached hydrogens (tertiary/aromatic N) is 1. The van der Waals surface area contributed by atoms with E-state index in [1.807, 2.05) is 18.3 Å². The molecule has 0 spiro atoms. The number of nitrogens with one attached hydrogen (secondary N) is 1. The highest BCUT2D eigenvalue weighted by Gasteiger charge is 2.24. The van der Waals surface area contributed by atoms with Gasteiger partial charge in [0, 0.05) is 10.1 Å². The Kier molecular flexibility index (Phi) is 3.90. The highest BCUT2D eigenvalue weighted by molar-refractivity contribution is 9.10. The van der Waals surface area contributed by atoms with Crippen molar-refractivity contribution in [1.82, 2.24) is 5.10 Å². The van der Waals surface area contributed by atoms with Crippen LogP contribution in [0.4, 0.5) is 0 Å². The maximum absolute atomic E-state index is 6.02. The van der Waals surface area contributed by atoms with Gasteiger partial charge in [0.25, 0.3) is 11.8 Å². The molecule has 2 aromatic carbocycles. The van der Waals surface area contributed by atoms with Crippen molar-refractivity contribution in [3.63, 3.8) is 0 Å². The van der Waals surface area contributed by atoms with Crippen LogP contribution in [0.2, 0.25) is 0 Å². The fourth-order valence-corrected chi connectivity index (χ4v) is 3.23. The van der Waals surface area contributed by atoms with Gasteiger partial charge < -0.3 is 0 Å². The van der Waals surface area contributed by atoms with Gasteiger partial charge in [-0.1, -0.05) is 60.7 Å². The van der Waals surface area contributed by atoms with Crippen LogP contribution < -0.4 is 4.20 Å². The number of rotatable bonds is 3. The molecule has 0 radical (unpaired) electrons. The molecule has 1 aromatic heterocycles. The molecule has 0 aliphatic carbocycles. The molecule has 0 amide bonds. The van der Waals surface area contributed by atoms with Gasteiger partial charge in [0.05, 0.1) is 5.56 Å². The van der Waals surface area contributed by atoms with E-state index >= 15 is 0 Å². The Morgan fingerprint density at radius 1 is 0.900 bits per heavy atom. The minimum atomic E-state index is 0.142. The van der Waals surface area contributed by atoms with Gasteiger partial charge in [0.15, 0.2) is 4.60 Å². The van der Waals surface area contributed by atoms with E-state index in [2.05, 4.69) is 69.6 Å². The van der Waals surface area contributed by atoms with Crippen LogP contribution in [0.3, 0.4) is 0 Å². The molecule has 1 heterocycles. The summed E-state index contributed by atoms with van der Waals surface area (Å²) < 4.78 is 2.34. The highest BCUT2D eigenvalue weighted by Crippen LogP contribution is 2.34. The Labute approximate surface area is 131 Å². The van der Waals surface area contributed by atoms with Crippen molar-refractivity contribution < 1.29 is 4.20 Å². The molecule has 1 N–H and O–H groups in total. The van der Waals surface area contributed by atoms with Crippen molar-refractivity contribution in [2.24, 2.45) is 0 Å². The summed E-state index contributed by atoms with van der Waals surface area (Å²) in [5.41, 5.74) is 3.57. The molecule has 0 saturated heterocycles. The lowest BCUT2D eigenvalue weighted by atomic mass is 9.87. The SMILES string of the molecule is Cl[n+]1cc(C(c2ccccc2)c2ccccc2)c(Br)[nH]1. The minimum absolute atomic E-state index is 0.142. The summed E-state index contributed by atoms with van der Waals surface area (Å²) in [5.74, 6) is 0.142. The molecule has 0 aliphatic rings. The van der Waals surface area contributed by atoms with Crippen LogP contribution in [0, 0.1) is 0 Å². The zero-order valence-corrected chi connectivity index (χ0v) is 13.0. The second kappa shape index (κ2) is 5.81. The van der Waals surface area contributed by atoms with Crippen LogP contribution in [-0.2, 0) is 0 Å². The first-order chi connectivity index (χ1) is 9.75. The normalized spacial score (nSPS) is 10.9. The van der Waals surface area contributed by atoms with Gasteiger partial charge >= 0.3 is 0 Å². The summed E-state index contributed by atoms with van der Waals surface area (Å²) in [5, 5.41) is 3.03. The van der Waals surface area contributed by atoms with Crippen molar-refractivity contribution in [3.8, 4) is 0 Å². The van der Waals surface area contributed by atoms with Crippen molar-refractivity contribution in [2.75, 3.05) is 0 Å². The topological polar surface area (TPSA) is 19.7 Å². The van der Waals surface area contributed by atoms with Crippen molar-refractivity contribution >= 4 is 27.7 Å². The average molecular weight is 349 g/mol. The summed E-state index contributed by atoms with van der Waals surface area (Å²) in [6, 6.07) is 20.8. The van der Waals surface area contributed by atoms with Gasteiger partial charge in [-0.3, -0.25) is 0 Å². The van der Waals surface area contributed by atoms with Crippen LogP contribution in [0.5, 0.6) is 0 Å². The fraction of sp³-hybridized carbons (Fsp3) is 0.0625. The number of aromatic nitrogens is 2. The molecule has 0 atom stereocenters. The zero-order valence-electron chi connectivity index (χ0n) is 10.6. The maximum Gasteiger partial charge on any atom is 0.296 e. The Morgan fingerprint density at radius 3 is 1.80 bits per heavy atom. The number of benzene rings is 2. The van der Waals surface area contributed by atoms with Crippen LogP contribution in [0.1, 0.15) is 22.6 Å². The monoisotopic (exact) mass is 347 g/mol. The summed E-state index contributed by atoms with van der Waals surface area (Å²) in [6.07, 6.45) is 1.90. The predicted molar refractivity (Wildman–Crippen MR) is 83.8 cm³/mol. The Hall–Kier alpha value is -1.58. The predicted octanol–water partition coefficient (Wildman–Crippen LogP) is 4.25. The molecule has 0 aliphatic heterocycles. The molecule has 0 unspecified atom stereocenters. The van der Waals surface area contributed by atoms with Gasteiger partial charge in [-0.2, -0.15) is 0 Å². The van der Waals surface area contributed by atoms with E-state index in [0.29, 0.717) is 0 Å². The van der Waals surface area contributed by atoms with Crippen molar-refractivity contribution in [1.29, 1.82) is 0 Å². The largest absolute Gasteiger partial charge is 0.296 e. The average Bonchev–Trinajstić information content (AvgIpc) is 2.80. The molecule has 4 heteroatoms. The van der Waals surface area contributed by atoms with E-state index < -0.39 is 0 Å². The first kappa shape index (κ1) is 13.4. The van der Waals surface area contributed by atoms with Crippen molar-refractivity contribution in [3.05, 3.63) is 88.2 Å². The summed E-state index contributed by atoms with van der Waals surface area (Å²) in [7, 11) is 0. The van der Waals surface area contributed by atoms with Crippen LogP contribution in [0.25, 0.3) is 0 Å². The number of halogens is 2. The smallest absolute Gasteiger partial charge is 0.138 e. The van der Waals surface area contributed by atoms with Crippen LogP contribution in [-0.4, -0.2) is 5.10 Å². The lowest BCUT2D eigenvalue weighted by Crippen LogP contribution is -2.20. The fourth-order valence-electron chi connectivity index (χ4n) is 2.41. The maximum atomic E-state index is 6.02. The molecular weight excluding hydrogens is 336 g/mol. The first-order valence-corrected chi connectivity index (χ1v) is 7.45. The van der Waals surface area contributed by atoms with Gasteiger partial charge in [-0.05, 0) is 27.1 Å². The van der Waals surface area contributed by atoms with Gasteiger partial charge in [-0.15, -0.1) is 5.10 Å². The quantitative estimate of drug-likeness (QED) is 0.730. The lowest BCUT2D eigenvalue weighted by molar-refractivity contribution is -0.584. The Balaban J connectivity index is 2.16. The number of H-pyrrole nitrogens is 1. The van der Waals surface area contributed by atoms with E-state index in [4.69, 9.17) is 11.8 Å². The second-order valence-electron chi connectivity index (χ2n) is 4.58. The lowest BCUT2D eigenvalue weighted by Gasteiger charge is -2.15. The summed E-state index contributed by atoms with van der Waals surface area (Å²) >= 11 is 9.57. The third kappa shape index (κ3) is 2.65. The number of aromatic amines is 1. The molecule has 3 aromatic rings. The Morgan fingerprint density at radius 2 is 1.40 bits per heavy atom.